The fraction of sp³-hybridized carbons (Fsp3) is 0.167. The molecule has 0 saturated carbocycles. The molecule has 0 radical (unpaired) electrons. The molecule has 8 nitrogen and oxygen atoms in total. The predicted octanol–water partition coefficient (Wildman–Crippen LogP) is 2.86. The molecular weight excluding hydrogens is 402 g/mol. The Kier molecular flexibility index (Phi) is 5.78. The van der Waals surface area contributed by atoms with Crippen LogP contribution in [0.3, 0.4) is 0 Å². The number of carbonyl (C=O) groups excluding carboxylic acids is 1. The van der Waals surface area contributed by atoms with Crippen molar-refractivity contribution in [3.63, 3.8) is 0 Å². The van der Waals surface area contributed by atoms with E-state index in [4.69, 9.17) is 11.6 Å². The van der Waals surface area contributed by atoms with Crippen LogP contribution in [0.5, 0.6) is 0 Å². The molecule has 0 aliphatic heterocycles. The number of rotatable bonds is 6. The van der Waals surface area contributed by atoms with Crippen LogP contribution < -0.4 is 10.0 Å². The quantitative estimate of drug-likeness (QED) is 0.639. The average Bonchev–Trinajstić information content (AvgIpc) is 3.15. The van der Waals surface area contributed by atoms with Crippen molar-refractivity contribution in [2.45, 2.75) is 24.8 Å². The van der Waals surface area contributed by atoms with Crippen molar-refractivity contribution in [1.82, 2.24) is 19.5 Å². The maximum Gasteiger partial charge on any atom is 0.257 e. The molecule has 2 aromatic carbocycles. The van der Waals surface area contributed by atoms with Crippen LogP contribution >= 0.6 is 11.6 Å². The Labute approximate surface area is 167 Å². The van der Waals surface area contributed by atoms with Gasteiger partial charge in [0.15, 0.2) is 0 Å². The fourth-order valence-corrected chi connectivity index (χ4v) is 4.01. The minimum atomic E-state index is -3.76. The van der Waals surface area contributed by atoms with Crippen LogP contribution in [0.4, 0.5) is 5.69 Å². The second kappa shape index (κ2) is 8.09. The van der Waals surface area contributed by atoms with Crippen LogP contribution in [-0.2, 0) is 10.0 Å². The lowest BCUT2D eigenvalue weighted by molar-refractivity contribution is 0.102. The third kappa shape index (κ3) is 4.38. The Morgan fingerprint density at radius 2 is 1.93 bits per heavy atom. The molecule has 2 N–H and O–H groups in total. The van der Waals surface area contributed by atoms with E-state index < -0.39 is 15.9 Å². The first-order valence-electron chi connectivity index (χ1n) is 8.35. The van der Waals surface area contributed by atoms with E-state index in [-0.39, 0.29) is 21.5 Å². The molecule has 1 heterocycles. The van der Waals surface area contributed by atoms with E-state index in [0.29, 0.717) is 11.4 Å². The van der Waals surface area contributed by atoms with Gasteiger partial charge in [-0.05, 0) is 44.2 Å². The molecule has 3 aromatic rings. The number of sulfonamides is 1. The highest BCUT2D eigenvalue weighted by molar-refractivity contribution is 7.89. The highest BCUT2D eigenvalue weighted by Crippen LogP contribution is 2.24. The Bertz CT molecular complexity index is 1100. The standard InChI is InChI=1S/C18H18ClN5O3S/c1-12(2)23-28(26,27)13-7-8-15(19)14(9-13)18(25)22-16-5-3-4-6-17(16)24-11-20-10-21-24/h3-12,23H,1-2H3,(H,22,25). The van der Waals surface area contributed by atoms with Gasteiger partial charge in [0.05, 0.1) is 26.9 Å². The number of carbonyl (C=O) groups is 1. The van der Waals surface area contributed by atoms with Crippen molar-refractivity contribution in [3.05, 3.63) is 65.7 Å². The smallest absolute Gasteiger partial charge is 0.257 e. The summed E-state index contributed by atoms with van der Waals surface area (Å²) in [7, 11) is -3.76. The average molecular weight is 420 g/mol. The van der Waals surface area contributed by atoms with Gasteiger partial charge in [-0.2, -0.15) is 5.10 Å². The van der Waals surface area contributed by atoms with Crippen LogP contribution in [0.1, 0.15) is 24.2 Å². The largest absolute Gasteiger partial charge is 0.320 e. The summed E-state index contributed by atoms with van der Waals surface area (Å²) < 4.78 is 28.8. The van der Waals surface area contributed by atoms with Crippen molar-refractivity contribution < 1.29 is 13.2 Å². The van der Waals surface area contributed by atoms with Crippen molar-refractivity contribution in [3.8, 4) is 5.69 Å². The highest BCUT2D eigenvalue weighted by atomic mass is 35.5. The molecule has 0 unspecified atom stereocenters. The maximum absolute atomic E-state index is 12.8. The van der Waals surface area contributed by atoms with E-state index in [1.807, 2.05) is 0 Å². The molecule has 0 atom stereocenters. The second-order valence-electron chi connectivity index (χ2n) is 6.23. The lowest BCUT2D eigenvalue weighted by Crippen LogP contribution is -2.30. The first-order chi connectivity index (χ1) is 13.3. The van der Waals surface area contributed by atoms with Crippen LogP contribution in [-0.4, -0.2) is 35.1 Å². The molecule has 1 aromatic heterocycles. The molecule has 3 rings (SSSR count). The summed E-state index contributed by atoms with van der Waals surface area (Å²) in [4.78, 5) is 16.7. The Morgan fingerprint density at radius 1 is 1.18 bits per heavy atom. The van der Waals surface area contributed by atoms with Gasteiger partial charge in [-0.3, -0.25) is 4.79 Å². The van der Waals surface area contributed by atoms with Gasteiger partial charge in [0.1, 0.15) is 12.7 Å². The molecule has 0 spiro atoms. The lowest BCUT2D eigenvalue weighted by atomic mass is 10.2. The molecular formula is C18H18ClN5O3S. The molecule has 146 valence electrons. The number of anilines is 1. The zero-order valence-corrected chi connectivity index (χ0v) is 16.7. The van der Waals surface area contributed by atoms with Gasteiger partial charge in [0.2, 0.25) is 10.0 Å². The highest BCUT2D eigenvalue weighted by Gasteiger charge is 2.20. The Hall–Kier alpha value is -2.75. The molecule has 0 saturated heterocycles. The summed E-state index contributed by atoms with van der Waals surface area (Å²) in [6, 6.07) is 10.7. The molecule has 28 heavy (non-hydrogen) atoms. The van der Waals surface area contributed by atoms with E-state index in [1.54, 1.807) is 38.1 Å². The zero-order chi connectivity index (χ0) is 20.3. The van der Waals surface area contributed by atoms with Crippen molar-refractivity contribution >= 4 is 33.2 Å². The third-order valence-corrected chi connectivity index (χ3v) is 5.69. The van der Waals surface area contributed by atoms with Crippen molar-refractivity contribution in [2.75, 3.05) is 5.32 Å². The van der Waals surface area contributed by atoms with E-state index >= 15 is 0 Å². The second-order valence-corrected chi connectivity index (χ2v) is 8.35. The number of aromatic nitrogens is 3. The number of benzene rings is 2. The molecule has 0 bridgehead atoms. The topological polar surface area (TPSA) is 106 Å². The number of halogens is 1. The molecule has 1 amide bonds. The summed E-state index contributed by atoms with van der Waals surface area (Å²) in [6.07, 6.45) is 2.88. The minimum Gasteiger partial charge on any atom is -0.320 e. The first-order valence-corrected chi connectivity index (χ1v) is 10.2. The normalized spacial score (nSPS) is 11.6. The first kappa shape index (κ1) is 20.0. The van der Waals surface area contributed by atoms with Crippen LogP contribution in [0, 0.1) is 0 Å². The lowest BCUT2D eigenvalue weighted by Gasteiger charge is -2.13. The van der Waals surface area contributed by atoms with Gasteiger partial charge >= 0.3 is 0 Å². The molecule has 0 aliphatic rings. The van der Waals surface area contributed by atoms with E-state index in [9.17, 15) is 13.2 Å². The molecule has 0 fully saturated rings. The molecule has 10 heteroatoms. The Morgan fingerprint density at radius 3 is 2.61 bits per heavy atom. The van der Waals surface area contributed by atoms with Gasteiger partial charge in [0.25, 0.3) is 5.91 Å². The van der Waals surface area contributed by atoms with E-state index in [2.05, 4.69) is 20.1 Å². The number of para-hydroxylation sites is 2. The van der Waals surface area contributed by atoms with Crippen LogP contribution in [0.15, 0.2) is 60.0 Å². The number of nitrogens with one attached hydrogen (secondary N) is 2. The van der Waals surface area contributed by atoms with Crippen LogP contribution in [0.25, 0.3) is 5.69 Å². The summed E-state index contributed by atoms with van der Waals surface area (Å²) in [5.41, 5.74) is 1.12. The fourth-order valence-electron chi connectivity index (χ4n) is 2.53. The third-order valence-electron chi connectivity index (χ3n) is 3.70. The number of amides is 1. The minimum absolute atomic E-state index is 0.0414. The maximum atomic E-state index is 12.8. The summed E-state index contributed by atoms with van der Waals surface area (Å²) >= 11 is 6.15. The monoisotopic (exact) mass is 419 g/mol. The SMILES string of the molecule is CC(C)NS(=O)(=O)c1ccc(Cl)c(C(=O)Nc2ccccc2-n2cncn2)c1. The van der Waals surface area contributed by atoms with Crippen molar-refractivity contribution in [2.24, 2.45) is 0 Å². The van der Waals surface area contributed by atoms with Gasteiger partial charge in [-0.25, -0.2) is 22.8 Å². The van der Waals surface area contributed by atoms with Gasteiger partial charge in [-0.1, -0.05) is 23.7 Å². The van der Waals surface area contributed by atoms with Gasteiger partial charge in [0, 0.05) is 6.04 Å². The summed E-state index contributed by atoms with van der Waals surface area (Å²) in [5.74, 6) is -0.542. The van der Waals surface area contributed by atoms with E-state index in [1.165, 1.54) is 35.5 Å². The summed E-state index contributed by atoms with van der Waals surface area (Å²) in [5, 5.41) is 6.95. The van der Waals surface area contributed by atoms with Gasteiger partial charge in [-0.15, -0.1) is 0 Å². The van der Waals surface area contributed by atoms with Crippen LogP contribution in [0.2, 0.25) is 5.02 Å². The zero-order valence-electron chi connectivity index (χ0n) is 15.1. The number of hydrogen-bond donors (Lipinski definition) is 2. The molecule has 0 aliphatic carbocycles. The number of nitrogens with zero attached hydrogens (tertiary/aromatic N) is 3. The number of hydrogen-bond acceptors (Lipinski definition) is 5. The van der Waals surface area contributed by atoms with Gasteiger partial charge < -0.3 is 5.32 Å². The van der Waals surface area contributed by atoms with Crippen molar-refractivity contribution in [1.29, 1.82) is 0 Å². The predicted molar refractivity (Wildman–Crippen MR) is 106 cm³/mol. The Balaban J connectivity index is 1.93. The van der Waals surface area contributed by atoms with E-state index in [0.717, 1.165) is 0 Å². The summed E-state index contributed by atoms with van der Waals surface area (Å²) in [6.45, 7) is 3.42.